The molecular weight excluding hydrogens is 236 g/mol. The minimum Gasteiger partial charge on any atom is -0.291 e. The van der Waals surface area contributed by atoms with Gasteiger partial charge < -0.3 is 0 Å². The van der Waals surface area contributed by atoms with E-state index in [0.717, 1.165) is 17.8 Å². The van der Waals surface area contributed by atoms with Crippen molar-refractivity contribution in [3.63, 3.8) is 0 Å². The first-order valence-electron chi connectivity index (χ1n) is 6.38. The Morgan fingerprint density at radius 1 is 0.947 bits per heavy atom. The molecule has 2 aromatic carbocycles. The van der Waals surface area contributed by atoms with E-state index in [4.69, 9.17) is 0 Å². The number of benzene rings is 2. The second-order valence-electron chi connectivity index (χ2n) is 4.88. The molecule has 0 bridgehead atoms. The van der Waals surface area contributed by atoms with E-state index < -0.39 is 0 Å². The lowest BCUT2D eigenvalue weighted by molar-refractivity contribution is 0.659. The fourth-order valence-corrected chi connectivity index (χ4v) is 2.74. The molecule has 0 radical (unpaired) electrons. The van der Waals surface area contributed by atoms with Gasteiger partial charge in [-0.25, -0.2) is 4.98 Å². The van der Waals surface area contributed by atoms with Crippen LogP contribution in [0.3, 0.4) is 0 Å². The Labute approximate surface area is 110 Å². The maximum Gasteiger partial charge on any atom is 0.261 e. The Bertz CT molecular complexity index is 849. The van der Waals surface area contributed by atoms with Crippen molar-refractivity contribution in [3.8, 4) is 0 Å². The summed E-state index contributed by atoms with van der Waals surface area (Å²) < 4.78 is 1.80. The molecule has 0 unspecified atom stereocenters. The second kappa shape index (κ2) is 3.79. The molecule has 1 aliphatic heterocycles. The third-order valence-corrected chi connectivity index (χ3v) is 3.74. The molecule has 0 saturated heterocycles. The van der Waals surface area contributed by atoms with Gasteiger partial charge in [0.25, 0.3) is 5.56 Å². The third-order valence-electron chi connectivity index (χ3n) is 3.74. The second-order valence-corrected chi connectivity index (χ2v) is 4.88. The summed E-state index contributed by atoms with van der Waals surface area (Å²) >= 11 is 0. The average molecular weight is 248 g/mol. The first kappa shape index (κ1) is 10.5. The lowest BCUT2D eigenvalue weighted by Gasteiger charge is -2.21. The van der Waals surface area contributed by atoms with E-state index in [9.17, 15) is 4.79 Å². The number of aromatic nitrogens is 2. The smallest absolute Gasteiger partial charge is 0.261 e. The van der Waals surface area contributed by atoms with Crippen molar-refractivity contribution in [2.24, 2.45) is 0 Å². The number of nitrogens with zero attached hydrogens (tertiary/aromatic N) is 2. The van der Waals surface area contributed by atoms with Gasteiger partial charge in [0.05, 0.1) is 17.4 Å². The van der Waals surface area contributed by atoms with E-state index in [0.29, 0.717) is 11.9 Å². The van der Waals surface area contributed by atoms with Gasteiger partial charge in [-0.3, -0.25) is 9.36 Å². The van der Waals surface area contributed by atoms with Crippen molar-refractivity contribution in [2.75, 3.05) is 0 Å². The monoisotopic (exact) mass is 248 g/mol. The molecule has 3 heteroatoms. The highest BCUT2D eigenvalue weighted by Gasteiger charge is 2.18. The van der Waals surface area contributed by atoms with Crippen molar-refractivity contribution in [1.29, 1.82) is 0 Å². The Balaban J connectivity index is 2.01. The standard InChI is InChI=1S/C16H12N2O/c19-16-13-7-3-4-8-14(13)17-15-9-11-5-1-2-6-12(11)10-18(15)16/h1-8H,9-10H2. The van der Waals surface area contributed by atoms with E-state index in [1.165, 1.54) is 11.1 Å². The number of rotatable bonds is 0. The van der Waals surface area contributed by atoms with Gasteiger partial charge in [-0.05, 0) is 23.3 Å². The zero-order valence-corrected chi connectivity index (χ0v) is 10.3. The predicted octanol–water partition coefficient (Wildman–Crippen LogP) is 2.35. The molecule has 4 rings (SSSR count). The summed E-state index contributed by atoms with van der Waals surface area (Å²) in [5, 5.41) is 0.700. The van der Waals surface area contributed by atoms with Gasteiger partial charge in [0.1, 0.15) is 5.82 Å². The van der Waals surface area contributed by atoms with Crippen LogP contribution in [-0.4, -0.2) is 9.55 Å². The largest absolute Gasteiger partial charge is 0.291 e. The average Bonchev–Trinajstić information content (AvgIpc) is 2.46. The molecule has 1 aromatic heterocycles. The van der Waals surface area contributed by atoms with Crippen LogP contribution in [0.2, 0.25) is 0 Å². The lowest BCUT2D eigenvalue weighted by atomic mass is 10.0. The fraction of sp³-hybridized carbons (Fsp3) is 0.125. The summed E-state index contributed by atoms with van der Waals surface area (Å²) in [6.45, 7) is 0.627. The first-order valence-corrected chi connectivity index (χ1v) is 6.38. The Hall–Kier alpha value is -2.42. The third kappa shape index (κ3) is 1.51. The summed E-state index contributed by atoms with van der Waals surface area (Å²) in [5.74, 6) is 0.863. The molecule has 2 heterocycles. The van der Waals surface area contributed by atoms with Gasteiger partial charge in [-0.15, -0.1) is 0 Å². The van der Waals surface area contributed by atoms with Crippen molar-refractivity contribution < 1.29 is 0 Å². The number of hydrogen-bond donors (Lipinski definition) is 0. The van der Waals surface area contributed by atoms with Gasteiger partial charge in [0.2, 0.25) is 0 Å². The summed E-state index contributed by atoms with van der Waals surface area (Å²) in [7, 11) is 0. The van der Waals surface area contributed by atoms with Crippen LogP contribution in [0.15, 0.2) is 53.3 Å². The normalized spacial score (nSPS) is 13.1. The highest BCUT2D eigenvalue weighted by Crippen LogP contribution is 2.20. The van der Waals surface area contributed by atoms with E-state index in [1.54, 1.807) is 4.57 Å². The van der Waals surface area contributed by atoms with Gasteiger partial charge in [0, 0.05) is 6.42 Å². The summed E-state index contributed by atoms with van der Waals surface area (Å²) in [5.41, 5.74) is 3.34. The van der Waals surface area contributed by atoms with Gasteiger partial charge in [0.15, 0.2) is 0 Å². The molecule has 0 atom stereocenters. The Morgan fingerprint density at radius 2 is 1.68 bits per heavy atom. The number of hydrogen-bond acceptors (Lipinski definition) is 2. The zero-order valence-electron chi connectivity index (χ0n) is 10.3. The first-order chi connectivity index (χ1) is 9.33. The van der Waals surface area contributed by atoms with Gasteiger partial charge >= 0.3 is 0 Å². The van der Waals surface area contributed by atoms with Crippen LogP contribution in [0.25, 0.3) is 10.9 Å². The zero-order chi connectivity index (χ0) is 12.8. The van der Waals surface area contributed by atoms with Crippen molar-refractivity contribution in [1.82, 2.24) is 9.55 Å². The molecule has 3 aromatic rings. The molecule has 3 nitrogen and oxygen atoms in total. The molecule has 19 heavy (non-hydrogen) atoms. The highest BCUT2D eigenvalue weighted by molar-refractivity contribution is 5.77. The van der Waals surface area contributed by atoms with Crippen molar-refractivity contribution in [3.05, 3.63) is 75.8 Å². The number of para-hydroxylation sites is 1. The van der Waals surface area contributed by atoms with E-state index in [-0.39, 0.29) is 5.56 Å². The van der Waals surface area contributed by atoms with Crippen LogP contribution in [-0.2, 0) is 13.0 Å². The van der Waals surface area contributed by atoms with Crippen LogP contribution in [0, 0.1) is 0 Å². The topological polar surface area (TPSA) is 34.9 Å². The van der Waals surface area contributed by atoms with Crippen LogP contribution < -0.4 is 5.56 Å². The fourth-order valence-electron chi connectivity index (χ4n) is 2.74. The molecule has 1 aliphatic rings. The Kier molecular flexibility index (Phi) is 2.09. The summed E-state index contributed by atoms with van der Waals surface area (Å²) in [6, 6.07) is 15.8. The summed E-state index contributed by atoms with van der Waals surface area (Å²) in [6.07, 6.45) is 0.732. The minimum atomic E-state index is 0.0649. The molecule has 92 valence electrons. The molecule has 0 spiro atoms. The molecule has 0 aliphatic carbocycles. The lowest BCUT2D eigenvalue weighted by Crippen LogP contribution is -2.29. The van der Waals surface area contributed by atoms with Crippen LogP contribution in [0.5, 0.6) is 0 Å². The molecule has 0 fully saturated rings. The van der Waals surface area contributed by atoms with Gasteiger partial charge in [-0.2, -0.15) is 0 Å². The van der Waals surface area contributed by atoms with E-state index >= 15 is 0 Å². The van der Waals surface area contributed by atoms with Crippen LogP contribution >= 0.6 is 0 Å². The number of fused-ring (bicyclic) bond motifs is 3. The Morgan fingerprint density at radius 3 is 2.58 bits per heavy atom. The SMILES string of the molecule is O=c1c2ccccc2nc2n1Cc1ccccc1C2. The maximum absolute atomic E-state index is 12.5. The van der Waals surface area contributed by atoms with Gasteiger partial charge in [-0.1, -0.05) is 36.4 Å². The molecular formula is C16H12N2O. The molecule has 0 saturated carbocycles. The van der Waals surface area contributed by atoms with Crippen LogP contribution in [0.4, 0.5) is 0 Å². The maximum atomic E-state index is 12.5. The van der Waals surface area contributed by atoms with E-state index in [2.05, 4.69) is 17.1 Å². The van der Waals surface area contributed by atoms with Crippen molar-refractivity contribution >= 4 is 10.9 Å². The summed E-state index contributed by atoms with van der Waals surface area (Å²) in [4.78, 5) is 17.1. The molecule has 0 N–H and O–H groups in total. The van der Waals surface area contributed by atoms with E-state index in [1.807, 2.05) is 36.4 Å². The molecule has 0 amide bonds. The minimum absolute atomic E-state index is 0.0649. The van der Waals surface area contributed by atoms with Crippen LogP contribution in [0.1, 0.15) is 17.0 Å². The predicted molar refractivity (Wildman–Crippen MR) is 74.4 cm³/mol. The van der Waals surface area contributed by atoms with Crippen molar-refractivity contribution in [2.45, 2.75) is 13.0 Å². The quantitative estimate of drug-likeness (QED) is 0.479. The highest BCUT2D eigenvalue weighted by atomic mass is 16.1.